The minimum Gasteiger partial charge on any atom is -0.497 e. The van der Waals surface area contributed by atoms with E-state index in [0.717, 1.165) is 24.3 Å². The van der Waals surface area contributed by atoms with Crippen LogP contribution in [-0.2, 0) is 4.79 Å². The quantitative estimate of drug-likeness (QED) is 0.735. The van der Waals surface area contributed by atoms with Crippen molar-refractivity contribution in [3.8, 4) is 5.75 Å². The molecule has 0 spiro atoms. The minimum absolute atomic E-state index is 0.262. The van der Waals surface area contributed by atoms with Crippen molar-refractivity contribution in [3.05, 3.63) is 59.1 Å². The van der Waals surface area contributed by atoms with E-state index in [4.69, 9.17) is 16.3 Å². The Bertz CT molecular complexity index is 978. The van der Waals surface area contributed by atoms with Gasteiger partial charge in [0.2, 0.25) is 0 Å². The van der Waals surface area contributed by atoms with Gasteiger partial charge < -0.3 is 4.74 Å². The number of anilines is 1. The van der Waals surface area contributed by atoms with Crippen LogP contribution in [0, 0.1) is 0 Å². The van der Waals surface area contributed by atoms with Gasteiger partial charge in [-0.25, -0.2) is 10.0 Å². The molecular weight excluding hydrogens is 426 g/mol. The number of carbonyl (C=O) groups is 1. The van der Waals surface area contributed by atoms with Crippen molar-refractivity contribution < 1.29 is 18.3 Å². The molecule has 2 aliphatic heterocycles. The molecule has 9 heteroatoms. The van der Waals surface area contributed by atoms with Gasteiger partial charge in [-0.2, -0.15) is 13.9 Å². The van der Waals surface area contributed by atoms with Crippen LogP contribution in [0.1, 0.15) is 30.9 Å². The zero-order valence-corrected chi connectivity index (χ0v) is 17.8. The van der Waals surface area contributed by atoms with Gasteiger partial charge in [0.05, 0.1) is 17.8 Å². The van der Waals surface area contributed by atoms with E-state index in [9.17, 15) is 4.79 Å². The van der Waals surface area contributed by atoms with Crippen molar-refractivity contribution in [1.29, 1.82) is 0 Å². The number of benzene rings is 2. The molecule has 2 aliphatic rings. The first-order chi connectivity index (χ1) is 14.9. The highest BCUT2D eigenvalue weighted by atomic mass is 35.5. The summed E-state index contributed by atoms with van der Waals surface area (Å²) in [5.74, 6) is -3.91. The number of piperidine rings is 1. The number of hydrazine groups is 1. The molecule has 0 saturated carbocycles. The van der Waals surface area contributed by atoms with Gasteiger partial charge in [0.15, 0.2) is 5.71 Å². The second-order valence-electron chi connectivity index (χ2n) is 7.53. The molecule has 0 aliphatic carbocycles. The summed E-state index contributed by atoms with van der Waals surface area (Å²) < 4.78 is 36.5. The number of nitrogens with one attached hydrogen (secondary N) is 1. The minimum atomic E-state index is -3.55. The smallest absolute Gasteiger partial charge is 0.322 e. The van der Waals surface area contributed by atoms with Gasteiger partial charge in [-0.05, 0) is 42.7 Å². The number of rotatable bonds is 5. The van der Waals surface area contributed by atoms with E-state index >= 15 is 8.78 Å². The van der Waals surface area contributed by atoms with E-state index in [1.54, 1.807) is 53.5 Å². The summed E-state index contributed by atoms with van der Waals surface area (Å²) in [5.41, 5.74) is 2.35. The highest BCUT2D eigenvalue weighted by Crippen LogP contribution is 2.47. The Balaban J connectivity index is 1.72. The highest BCUT2D eigenvalue weighted by Gasteiger charge is 2.57. The third kappa shape index (κ3) is 4.22. The standard InChI is InChI=1S/C22H23ClF2N4O2/c1-31-16-11-9-15(10-12-16)20-22(24,25)19(21(30)27-28-13-5-2-6-14-28)26-29(20)18-8-4-3-7-17(18)23/h3-4,7-12,20H,2,5-6,13-14H2,1H3,(H,27,30). The van der Waals surface area contributed by atoms with E-state index in [2.05, 4.69) is 10.5 Å². The zero-order chi connectivity index (χ0) is 22.0. The van der Waals surface area contributed by atoms with Crippen LogP contribution in [0.15, 0.2) is 53.6 Å². The van der Waals surface area contributed by atoms with Crippen molar-refractivity contribution in [3.63, 3.8) is 0 Å². The number of hydrazone groups is 1. The van der Waals surface area contributed by atoms with Crippen LogP contribution in [-0.4, -0.2) is 42.7 Å². The molecule has 1 atom stereocenters. The number of para-hydroxylation sites is 1. The molecule has 0 aromatic heterocycles. The van der Waals surface area contributed by atoms with Gasteiger partial charge in [0, 0.05) is 13.1 Å². The van der Waals surface area contributed by atoms with Crippen molar-refractivity contribution in [2.75, 3.05) is 25.2 Å². The zero-order valence-electron chi connectivity index (χ0n) is 17.0. The fourth-order valence-electron chi connectivity index (χ4n) is 3.88. The van der Waals surface area contributed by atoms with Crippen LogP contribution >= 0.6 is 11.6 Å². The van der Waals surface area contributed by atoms with E-state index in [1.165, 1.54) is 7.11 Å². The summed E-state index contributed by atoms with van der Waals surface area (Å²) in [5, 5.41) is 7.15. The van der Waals surface area contributed by atoms with Gasteiger partial charge >= 0.3 is 5.92 Å². The van der Waals surface area contributed by atoms with Crippen LogP contribution in [0.3, 0.4) is 0 Å². The first kappa shape index (κ1) is 21.5. The Hall–Kier alpha value is -2.71. The molecule has 1 N–H and O–H groups in total. The summed E-state index contributed by atoms with van der Waals surface area (Å²) in [4.78, 5) is 12.8. The lowest BCUT2D eigenvalue weighted by atomic mass is 9.97. The normalized spacial score (nSPS) is 21.0. The Labute approximate surface area is 184 Å². The number of carbonyl (C=O) groups excluding carboxylic acids is 1. The molecule has 2 heterocycles. The first-order valence-corrected chi connectivity index (χ1v) is 10.5. The Kier molecular flexibility index (Phi) is 6.11. The number of hydrogen-bond donors (Lipinski definition) is 1. The van der Waals surface area contributed by atoms with Crippen LogP contribution in [0.2, 0.25) is 5.02 Å². The molecular formula is C22H23ClF2N4O2. The maximum atomic E-state index is 15.7. The number of methoxy groups -OCH3 is 1. The lowest BCUT2D eigenvalue weighted by molar-refractivity contribution is -0.121. The highest BCUT2D eigenvalue weighted by molar-refractivity contribution is 6.42. The summed E-state index contributed by atoms with van der Waals surface area (Å²) in [6, 6.07) is 11.3. The molecule has 1 fully saturated rings. The average Bonchev–Trinajstić information content (AvgIpc) is 3.05. The molecule has 1 amide bonds. The molecule has 0 bridgehead atoms. The Morgan fingerprint density at radius 2 is 1.81 bits per heavy atom. The van der Waals surface area contributed by atoms with Crippen LogP contribution in [0.4, 0.5) is 14.5 Å². The van der Waals surface area contributed by atoms with Crippen molar-refractivity contribution in [2.24, 2.45) is 5.10 Å². The Morgan fingerprint density at radius 1 is 1.13 bits per heavy atom. The van der Waals surface area contributed by atoms with Crippen molar-refractivity contribution in [2.45, 2.75) is 31.2 Å². The van der Waals surface area contributed by atoms with Crippen molar-refractivity contribution >= 4 is 28.9 Å². The SMILES string of the molecule is COc1ccc(C2N(c3ccccc3Cl)N=C(C(=O)NN3CCCCC3)C2(F)F)cc1. The Morgan fingerprint density at radius 3 is 2.45 bits per heavy atom. The maximum Gasteiger partial charge on any atom is 0.322 e. The third-order valence-electron chi connectivity index (χ3n) is 5.47. The summed E-state index contributed by atoms with van der Waals surface area (Å²) in [7, 11) is 1.50. The molecule has 1 unspecified atom stereocenters. The van der Waals surface area contributed by atoms with E-state index in [0.29, 0.717) is 24.5 Å². The van der Waals surface area contributed by atoms with Gasteiger partial charge in [-0.1, -0.05) is 42.3 Å². The van der Waals surface area contributed by atoms with E-state index in [-0.39, 0.29) is 10.6 Å². The number of amides is 1. The average molecular weight is 449 g/mol. The van der Waals surface area contributed by atoms with E-state index in [1.807, 2.05) is 0 Å². The molecule has 31 heavy (non-hydrogen) atoms. The topological polar surface area (TPSA) is 57.2 Å². The van der Waals surface area contributed by atoms with Crippen molar-refractivity contribution in [1.82, 2.24) is 10.4 Å². The number of nitrogens with zero attached hydrogens (tertiary/aromatic N) is 3. The lowest BCUT2D eigenvalue weighted by Gasteiger charge is -2.29. The van der Waals surface area contributed by atoms with Crippen LogP contribution < -0.4 is 15.2 Å². The second-order valence-corrected chi connectivity index (χ2v) is 7.94. The van der Waals surface area contributed by atoms with E-state index < -0.39 is 23.6 Å². The number of hydrogen-bond acceptors (Lipinski definition) is 5. The molecule has 2 aromatic rings. The molecule has 164 valence electrons. The first-order valence-electron chi connectivity index (χ1n) is 10.1. The predicted molar refractivity (Wildman–Crippen MR) is 116 cm³/mol. The second kappa shape index (κ2) is 8.80. The number of halogens is 3. The lowest BCUT2D eigenvalue weighted by Crippen LogP contribution is -2.51. The fourth-order valence-corrected chi connectivity index (χ4v) is 4.10. The van der Waals surface area contributed by atoms with Gasteiger partial charge in [-0.15, -0.1) is 0 Å². The van der Waals surface area contributed by atoms with Gasteiger partial charge in [0.1, 0.15) is 11.8 Å². The maximum absolute atomic E-state index is 15.7. The number of ether oxygens (including phenoxy) is 1. The largest absolute Gasteiger partial charge is 0.497 e. The number of alkyl halides is 2. The fraction of sp³-hybridized carbons (Fsp3) is 0.364. The van der Waals surface area contributed by atoms with Gasteiger partial charge in [-0.3, -0.25) is 10.2 Å². The molecule has 4 rings (SSSR count). The van der Waals surface area contributed by atoms with Gasteiger partial charge in [0.25, 0.3) is 5.91 Å². The molecule has 2 aromatic carbocycles. The predicted octanol–water partition coefficient (Wildman–Crippen LogP) is 4.42. The molecule has 6 nitrogen and oxygen atoms in total. The molecule has 0 radical (unpaired) electrons. The summed E-state index contributed by atoms with van der Waals surface area (Å²) in [6.45, 7) is 1.25. The summed E-state index contributed by atoms with van der Waals surface area (Å²) in [6.07, 6.45) is 2.87. The third-order valence-corrected chi connectivity index (χ3v) is 5.79. The van der Waals surface area contributed by atoms with Crippen LogP contribution in [0.25, 0.3) is 0 Å². The van der Waals surface area contributed by atoms with Crippen LogP contribution in [0.5, 0.6) is 5.75 Å². The molecule has 1 saturated heterocycles. The monoisotopic (exact) mass is 448 g/mol. The summed E-state index contributed by atoms with van der Waals surface area (Å²) >= 11 is 6.30.